The SMILES string of the molecule is O=C(CC1CCCCO1)N1CC[C@H]2CNC[C@H]21. The van der Waals surface area contributed by atoms with Crippen LogP contribution in [0, 0.1) is 5.92 Å². The minimum Gasteiger partial charge on any atom is -0.378 e. The van der Waals surface area contributed by atoms with E-state index < -0.39 is 0 Å². The number of ether oxygens (including phenoxy) is 1. The van der Waals surface area contributed by atoms with Gasteiger partial charge in [0, 0.05) is 32.3 Å². The zero-order valence-electron chi connectivity index (χ0n) is 10.4. The number of amides is 1. The van der Waals surface area contributed by atoms with Gasteiger partial charge in [-0.05, 0) is 31.6 Å². The van der Waals surface area contributed by atoms with Crippen molar-refractivity contribution in [3.63, 3.8) is 0 Å². The van der Waals surface area contributed by atoms with Gasteiger partial charge in [-0.1, -0.05) is 0 Å². The van der Waals surface area contributed by atoms with Crippen molar-refractivity contribution in [3.8, 4) is 0 Å². The molecule has 0 bridgehead atoms. The molecular weight excluding hydrogens is 216 g/mol. The lowest BCUT2D eigenvalue weighted by Gasteiger charge is -2.27. The zero-order chi connectivity index (χ0) is 11.7. The fraction of sp³-hybridized carbons (Fsp3) is 0.923. The van der Waals surface area contributed by atoms with Crippen molar-refractivity contribution in [1.29, 1.82) is 0 Å². The van der Waals surface area contributed by atoms with Crippen molar-refractivity contribution >= 4 is 5.91 Å². The molecule has 0 saturated carbocycles. The lowest BCUT2D eigenvalue weighted by molar-refractivity contribution is -0.135. The number of likely N-dealkylation sites (tertiary alicyclic amines) is 1. The number of rotatable bonds is 2. The van der Waals surface area contributed by atoms with Gasteiger partial charge in [0.1, 0.15) is 0 Å². The first-order chi connectivity index (χ1) is 8.34. The van der Waals surface area contributed by atoms with E-state index in [0.29, 0.717) is 24.3 Å². The monoisotopic (exact) mass is 238 g/mol. The number of hydrogen-bond donors (Lipinski definition) is 1. The van der Waals surface area contributed by atoms with Crippen LogP contribution in [0.5, 0.6) is 0 Å². The molecule has 96 valence electrons. The van der Waals surface area contributed by atoms with Gasteiger partial charge in [0.2, 0.25) is 5.91 Å². The standard InChI is InChI=1S/C13H22N2O2/c16-13(7-11-3-1-2-6-17-11)15-5-4-10-8-14-9-12(10)15/h10-12,14H,1-9H2/t10-,11?,12+/m0/s1. The van der Waals surface area contributed by atoms with E-state index in [1.165, 1.54) is 12.8 Å². The van der Waals surface area contributed by atoms with Crippen molar-refractivity contribution < 1.29 is 9.53 Å². The molecule has 3 aliphatic rings. The minimum atomic E-state index is 0.185. The van der Waals surface area contributed by atoms with Crippen molar-refractivity contribution in [2.45, 2.75) is 44.2 Å². The van der Waals surface area contributed by atoms with E-state index in [2.05, 4.69) is 10.2 Å². The summed E-state index contributed by atoms with van der Waals surface area (Å²) >= 11 is 0. The lowest BCUT2D eigenvalue weighted by Crippen LogP contribution is -2.41. The normalized spacial score (nSPS) is 37.2. The molecule has 1 amide bonds. The molecule has 0 spiro atoms. The Morgan fingerprint density at radius 2 is 2.24 bits per heavy atom. The van der Waals surface area contributed by atoms with E-state index in [-0.39, 0.29) is 6.10 Å². The predicted octanol–water partition coefficient (Wildman–Crippen LogP) is 0.766. The molecule has 1 N–H and O–H groups in total. The largest absolute Gasteiger partial charge is 0.378 e. The molecule has 3 saturated heterocycles. The van der Waals surface area contributed by atoms with Crippen LogP contribution in [0.1, 0.15) is 32.1 Å². The Kier molecular flexibility index (Phi) is 3.34. The second kappa shape index (κ2) is 4.94. The van der Waals surface area contributed by atoms with Gasteiger partial charge in [-0.2, -0.15) is 0 Å². The summed E-state index contributed by atoms with van der Waals surface area (Å²) in [6, 6.07) is 0.464. The number of nitrogens with one attached hydrogen (secondary N) is 1. The number of carbonyl (C=O) groups is 1. The highest BCUT2D eigenvalue weighted by Gasteiger charge is 2.40. The van der Waals surface area contributed by atoms with E-state index in [9.17, 15) is 4.79 Å². The summed E-state index contributed by atoms with van der Waals surface area (Å²) in [5.41, 5.74) is 0. The second-order valence-corrected chi connectivity index (χ2v) is 5.55. The number of nitrogens with zero attached hydrogens (tertiary/aromatic N) is 1. The fourth-order valence-corrected chi connectivity index (χ4v) is 3.44. The molecule has 4 heteroatoms. The maximum absolute atomic E-state index is 12.3. The Bertz CT molecular complexity index is 289. The molecule has 3 atom stereocenters. The lowest BCUT2D eigenvalue weighted by atomic mass is 10.0. The molecule has 0 aromatic heterocycles. The zero-order valence-corrected chi connectivity index (χ0v) is 10.4. The summed E-state index contributed by atoms with van der Waals surface area (Å²) in [4.78, 5) is 14.4. The summed E-state index contributed by atoms with van der Waals surface area (Å²) < 4.78 is 5.66. The van der Waals surface area contributed by atoms with Gasteiger partial charge in [-0.15, -0.1) is 0 Å². The van der Waals surface area contributed by atoms with Gasteiger partial charge in [-0.25, -0.2) is 0 Å². The van der Waals surface area contributed by atoms with E-state index in [4.69, 9.17) is 4.74 Å². The van der Waals surface area contributed by atoms with E-state index >= 15 is 0 Å². The van der Waals surface area contributed by atoms with Gasteiger partial charge < -0.3 is 15.0 Å². The Labute approximate surface area is 103 Å². The first-order valence-corrected chi connectivity index (χ1v) is 6.96. The predicted molar refractivity (Wildman–Crippen MR) is 64.7 cm³/mol. The highest BCUT2D eigenvalue weighted by atomic mass is 16.5. The molecule has 4 nitrogen and oxygen atoms in total. The molecule has 3 aliphatic heterocycles. The quantitative estimate of drug-likeness (QED) is 0.772. The van der Waals surface area contributed by atoms with Crippen molar-refractivity contribution in [2.24, 2.45) is 5.92 Å². The van der Waals surface area contributed by atoms with Gasteiger partial charge in [0.15, 0.2) is 0 Å². The molecule has 1 unspecified atom stereocenters. The summed E-state index contributed by atoms with van der Waals surface area (Å²) in [6.45, 7) is 3.88. The summed E-state index contributed by atoms with van der Waals surface area (Å²) in [7, 11) is 0. The highest BCUT2D eigenvalue weighted by molar-refractivity contribution is 5.77. The van der Waals surface area contributed by atoms with Crippen LogP contribution in [0.25, 0.3) is 0 Å². The molecule has 0 aliphatic carbocycles. The number of hydrogen-bond acceptors (Lipinski definition) is 3. The van der Waals surface area contributed by atoms with Crippen LogP contribution in [0.3, 0.4) is 0 Å². The first-order valence-electron chi connectivity index (χ1n) is 6.96. The maximum Gasteiger partial charge on any atom is 0.225 e. The van der Waals surface area contributed by atoms with Crippen LogP contribution >= 0.6 is 0 Å². The first kappa shape index (κ1) is 11.5. The van der Waals surface area contributed by atoms with Crippen molar-refractivity contribution in [3.05, 3.63) is 0 Å². The maximum atomic E-state index is 12.3. The van der Waals surface area contributed by atoms with Crippen molar-refractivity contribution in [2.75, 3.05) is 26.2 Å². The molecule has 3 fully saturated rings. The average Bonchev–Trinajstić information content (AvgIpc) is 2.91. The van der Waals surface area contributed by atoms with Gasteiger partial charge >= 0.3 is 0 Å². The van der Waals surface area contributed by atoms with Gasteiger partial charge in [0.05, 0.1) is 12.5 Å². The highest BCUT2D eigenvalue weighted by Crippen LogP contribution is 2.28. The van der Waals surface area contributed by atoms with E-state index in [1.54, 1.807) is 0 Å². The van der Waals surface area contributed by atoms with E-state index in [1.807, 2.05) is 0 Å². The Balaban J connectivity index is 1.55. The molecule has 3 heterocycles. The number of fused-ring (bicyclic) bond motifs is 1. The van der Waals surface area contributed by atoms with Crippen molar-refractivity contribution in [1.82, 2.24) is 10.2 Å². The third-order valence-electron chi connectivity index (χ3n) is 4.44. The van der Waals surface area contributed by atoms with Crippen LogP contribution in [0.15, 0.2) is 0 Å². The van der Waals surface area contributed by atoms with Crippen LogP contribution in [0.4, 0.5) is 0 Å². The van der Waals surface area contributed by atoms with Crippen LogP contribution < -0.4 is 5.32 Å². The summed E-state index contributed by atoms with van der Waals surface area (Å²) in [6.07, 6.45) is 5.39. The van der Waals surface area contributed by atoms with Crippen LogP contribution in [-0.2, 0) is 9.53 Å². The van der Waals surface area contributed by atoms with Crippen LogP contribution in [-0.4, -0.2) is 49.2 Å². The third-order valence-corrected chi connectivity index (χ3v) is 4.44. The van der Waals surface area contributed by atoms with Gasteiger partial charge in [0.25, 0.3) is 0 Å². The molecule has 0 aromatic rings. The second-order valence-electron chi connectivity index (χ2n) is 5.55. The van der Waals surface area contributed by atoms with Crippen LogP contribution in [0.2, 0.25) is 0 Å². The fourth-order valence-electron chi connectivity index (χ4n) is 3.44. The van der Waals surface area contributed by atoms with E-state index in [0.717, 1.165) is 39.1 Å². The van der Waals surface area contributed by atoms with Gasteiger partial charge in [-0.3, -0.25) is 4.79 Å². The smallest absolute Gasteiger partial charge is 0.225 e. The summed E-state index contributed by atoms with van der Waals surface area (Å²) in [5, 5.41) is 3.39. The molecular formula is C13H22N2O2. The third kappa shape index (κ3) is 2.33. The topological polar surface area (TPSA) is 41.6 Å². The Morgan fingerprint density at radius 3 is 3.06 bits per heavy atom. The number of carbonyl (C=O) groups excluding carboxylic acids is 1. The molecule has 0 aromatic carbocycles. The Morgan fingerprint density at radius 1 is 1.29 bits per heavy atom. The molecule has 0 radical (unpaired) electrons. The average molecular weight is 238 g/mol. The Hall–Kier alpha value is -0.610. The minimum absolute atomic E-state index is 0.185. The summed E-state index contributed by atoms with van der Waals surface area (Å²) in [5.74, 6) is 1.01. The molecule has 17 heavy (non-hydrogen) atoms. The molecule has 3 rings (SSSR count).